The normalized spacial score (nSPS) is 13.8. The molecule has 1 aliphatic heterocycles. The van der Waals surface area contributed by atoms with Crippen molar-refractivity contribution < 1.29 is 9.53 Å². The topological polar surface area (TPSA) is 124 Å². The minimum Gasteiger partial charge on any atom is -0.494 e. The highest BCUT2D eigenvalue weighted by Crippen LogP contribution is 2.39. The summed E-state index contributed by atoms with van der Waals surface area (Å²) in [5.41, 5.74) is 4.32. The average Bonchev–Trinajstić information content (AvgIpc) is 3.41. The lowest BCUT2D eigenvalue weighted by Gasteiger charge is -2.35. The Balaban J connectivity index is 1.54. The van der Waals surface area contributed by atoms with Crippen LogP contribution in [0.4, 0.5) is 23.0 Å². The van der Waals surface area contributed by atoms with E-state index in [2.05, 4.69) is 55.2 Å². The Hall–Kier alpha value is -5.21. The van der Waals surface area contributed by atoms with E-state index in [1.807, 2.05) is 36.5 Å². The van der Waals surface area contributed by atoms with Crippen molar-refractivity contribution in [2.24, 2.45) is 0 Å². The number of ether oxygens (including phenoxy) is 1. The average molecular weight is 536 g/mol. The van der Waals surface area contributed by atoms with Crippen molar-refractivity contribution in [3.63, 3.8) is 0 Å². The summed E-state index contributed by atoms with van der Waals surface area (Å²) in [6.45, 7) is 7.04. The van der Waals surface area contributed by atoms with Gasteiger partial charge in [-0.15, -0.1) is 0 Å². The maximum atomic E-state index is 12.6. The number of carbonyl (C=O) groups is 1. The fourth-order valence-corrected chi connectivity index (χ4v) is 4.54. The number of nitriles is 1. The van der Waals surface area contributed by atoms with Gasteiger partial charge >= 0.3 is 0 Å². The number of amides is 1. The highest BCUT2D eigenvalue weighted by Gasteiger charge is 2.22. The van der Waals surface area contributed by atoms with Gasteiger partial charge < -0.3 is 25.2 Å². The van der Waals surface area contributed by atoms with Gasteiger partial charge in [-0.3, -0.25) is 4.79 Å². The van der Waals surface area contributed by atoms with Crippen LogP contribution in [-0.2, 0) is 4.79 Å². The number of nitrogens with one attached hydrogen (secondary N) is 2. The van der Waals surface area contributed by atoms with Gasteiger partial charge in [0.25, 0.3) is 0 Å². The number of hydrogen-bond donors (Lipinski definition) is 2. The predicted octanol–water partition coefficient (Wildman–Crippen LogP) is 3.85. The van der Waals surface area contributed by atoms with E-state index in [0.29, 0.717) is 33.9 Å². The molecule has 1 aliphatic rings. The molecule has 11 nitrogen and oxygen atoms in total. The number of allylic oxidation sites excluding steroid dienone is 2. The Labute approximate surface area is 232 Å². The zero-order chi connectivity index (χ0) is 28.1. The van der Waals surface area contributed by atoms with Gasteiger partial charge in [0.05, 0.1) is 53.3 Å². The summed E-state index contributed by atoms with van der Waals surface area (Å²) >= 11 is 0. The number of nitrogens with zero attached hydrogens (tertiary/aromatic N) is 7. The van der Waals surface area contributed by atoms with Gasteiger partial charge in [-0.2, -0.15) is 10.4 Å². The number of carbonyl (C=O) groups excluding carboxylic acids is 1. The molecule has 4 heterocycles. The van der Waals surface area contributed by atoms with Crippen LogP contribution in [0, 0.1) is 11.3 Å². The second-order valence-electron chi connectivity index (χ2n) is 9.23. The number of piperazine rings is 1. The molecule has 202 valence electrons. The van der Waals surface area contributed by atoms with Gasteiger partial charge in [-0.1, -0.05) is 24.8 Å². The summed E-state index contributed by atoms with van der Waals surface area (Å²) < 4.78 is 7.46. The summed E-state index contributed by atoms with van der Waals surface area (Å²) in [5, 5.41) is 20.3. The minimum atomic E-state index is -0.281. The lowest BCUT2D eigenvalue weighted by Crippen LogP contribution is -2.44. The number of aromatic nitrogens is 4. The number of hydrogen-bond acceptors (Lipinski definition) is 9. The van der Waals surface area contributed by atoms with E-state index in [1.165, 1.54) is 12.3 Å². The molecule has 0 unspecified atom stereocenters. The molecule has 0 bridgehead atoms. The molecule has 4 aromatic rings. The number of pyridine rings is 1. The van der Waals surface area contributed by atoms with Crippen LogP contribution in [0.15, 0.2) is 73.7 Å². The highest BCUT2D eigenvalue weighted by atomic mass is 16.5. The third-order valence-corrected chi connectivity index (χ3v) is 6.64. The Morgan fingerprint density at radius 3 is 2.75 bits per heavy atom. The number of methoxy groups -OCH3 is 1. The molecule has 0 aliphatic carbocycles. The zero-order valence-corrected chi connectivity index (χ0v) is 22.3. The Bertz CT molecular complexity index is 1630. The van der Waals surface area contributed by atoms with Gasteiger partial charge in [0.2, 0.25) is 11.9 Å². The molecule has 2 N–H and O–H groups in total. The van der Waals surface area contributed by atoms with Crippen LogP contribution in [-0.4, -0.2) is 70.7 Å². The fraction of sp³-hybridized carbons (Fsp3) is 0.207. The number of fused-ring (bicyclic) bond motifs is 1. The van der Waals surface area contributed by atoms with E-state index in [0.717, 1.165) is 37.4 Å². The molecule has 0 atom stereocenters. The first-order valence-corrected chi connectivity index (χ1v) is 12.7. The lowest BCUT2D eigenvalue weighted by atomic mass is 10.1. The van der Waals surface area contributed by atoms with Crippen molar-refractivity contribution in [3.05, 3.63) is 79.3 Å². The van der Waals surface area contributed by atoms with E-state index in [-0.39, 0.29) is 11.9 Å². The van der Waals surface area contributed by atoms with Crippen molar-refractivity contribution in [1.29, 1.82) is 5.26 Å². The van der Waals surface area contributed by atoms with Gasteiger partial charge in [0.15, 0.2) is 0 Å². The third kappa shape index (κ3) is 5.48. The summed E-state index contributed by atoms with van der Waals surface area (Å²) in [7, 11) is 3.68. The Morgan fingerprint density at radius 1 is 1.18 bits per heavy atom. The van der Waals surface area contributed by atoms with Crippen LogP contribution >= 0.6 is 0 Å². The molecular formula is C29H29N9O2. The molecule has 40 heavy (non-hydrogen) atoms. The summed E-state index contributed by atoms with van der Waals surface area (Å²) in [6, 6.07) is 11.6. The molecule has 3 aromatic heterocycles. The fourth-order valence-electron chi connectivity index (χ4n) is 4.54. The maximum Gasteiger partial charge on any atom is 0.248 e. The first-order valence-electron chi connectivity index (χ1n) is 12.7. The highest BCUT2D eigenvalue weighted by molar-refractivity contribution is 6.02. The molecule has 0 spiro atoms. The van der Waals surface area contributed by atoms with Crippen LogP contribution < -0.4 is 20.3 Å². The maximum absolute atomic E-state index is 12.6. The van der Waals surface area contributed by atoms with Crippen molar-refractivity contribution >= 4 is 34.4 Å². The second-order valence-corrected chi connectivity index (χ2v) is 9.23. The van der Waals surface area contributed by atoms with Crippen molar-refractivity contribution in [2.75, 3.05) is 55.9 Å². The van der Waals surface area contributed by atoms with Crippen molar-refractivity contribution in [3.8, 4) is 23.1 Å². The molecule has 11 heteroatoms. The zero-order valence-electron chi connectivity index (χ0n) is 22.3. The summed E-state index contributed by atoms with van der Waals surface area (Å²) in [4.78, 5) is 26.2. The van der Waals surface area contributed by atoms with Gasteiger partial charge in [-0.25, -0.2) is 14.5 Å². The smallest absolute Gasteiger partial charge is 0.248 e. The predicted molar refractivity (Wildman–Crippen MR) is 155 cm³/mol. The van der Waals surface area contributed by atoms with Crippen molar-refractivity contribution in [2.45, 2.75) is 0 Å². The largest absolute Gasteiger partial charge is 0.494 e. The van der Waals surface area contributed by atoms with Crippen LogP contribution in [0.3, 0.4) is 0 Å². The van der Waals surface area contributed by atoms with E-state index >= 15 is 0 Å². The van der Waals surface area contributed by atoms with Crippen LogP contribution in [0.5, 0.6) is 5.75 Å². The van der Waals surface area contributed by atoms with Gasteiger partial charge in [0, 0.05) is 50.1 Å². The van der Waals surface area contributed by atoms with Gasteiger partial charge in [0.1, 0.15) is 11.8 Å². The van der Waals surface area contributed by atoms with Crippen LogP contribution in [0.1, 0.15) is 5.56 Å². The summed E-state index contributed by atoms with van der Waals surface area (Å²) in [5.74, 6) is 0.536. The molecule has 0 radical (unpaired) electrons. The molecule has 1 saturated heterocycles. The first kappa shape index (κ1) is 26.4. The Morgan fingerprint density at radius 2 is 2.00 bits per heavy atom. The van der Waals surface area contributed by atoms with Crippen LogP contribution in [0.25, 0.3) is 16.8 Å². The van der Waals surface area contributed by atoms with E-state index in [1.54, 1.807) is 30.0 Å². The number of rotatable bonds is 8. The molecule has 1 aromatic carbocycles. The van der Waals surface area contributed by atoms with Gasteiger partial charge in [-0.05, 0) is 25.2 Å². The molecule has 0 saturated carbocycles. The minimum absolute atomic E-state index is 0.263. The monoisotopic (exact) mass is 535 g/mol. The van der Waals surface area contributed by atoms with Crippen molar-refractivity contribution in [1.82, 2.24) is 24.5 Å². The van der Waals surface area contributed by atoms with E-state index in [9.17, 15) is 10.1 Å². The molecular weight excluding hydrogens is 506 g/mol. The molecule has 1 fully saturated rings. The van der Waals surface area contributed by atoms with E-state index in [4.69, 9.17) is 4.74 Å². The lowest BCUT2D eigenvalue weighted by molar-refractivity contribution is -0.111. The standard InChI is InChI=1S/C29H29N9O2/c1-4-5-9-27(39)33-22-15-23(26(40-3)16-25(22)37-13-11-36(2)12-14-37)34-29-31-18-20(17-30)28(35-29)21-19-32-38-10-7-6-8-24(21)38/h4-10,15-16,18-19H,1,11-14H2,2-3H3,(H,33,39)(H,31,34,35)/b9-5-. The molecule has 5 rings (SSSR count). The SMILES string of the molecule is C=C/C=C\C(=O)Nc1cc(Nc2ncc(C#N)c(-c3cnn4ccccc34)n2)c(OC)cc1N1CCN(C)CC1. The number of anilines is 4. The Kier molecular flexibility index (Phi) is 7.70. The second kappa shape index (κ2) is 11.7. The van der Waals surface area contributed by atoms with Crippen LogP contribution in [0.2, 0.25) is 0 Å². The quantitative estimate of drug-likeness (QED) is 0.256. The van der Waals surface area contributed by atoms with E-state index < -0.39 is 0 Å². The number of likely N-dealkylation sites (N-methyl/N-ethyl adjacent to an activating group) is 1. The summed E-state index contributed by atoms with van der Waals surface area (Å²) in [6.07, 6.45) is 9.54. The number of benzene rings is 1. The first-order chi connectivity index (χ1) is 19.5. The third-order valence-electron chi connectivity index (χ3n) is 6.64. The molecule has 1 amide bonds.